The molecule has 2 nitrogen and oxygen atoms in total. The molecule has 64 valence electrons. The van der Waals surface area contributed by atoms with Crippen molar-refractivity contribution < 1.29 is 4.42 Å². The van der Waals surface area contributed by atoms with Gasteiger partial charge < -0.3 is 9.73 Å². The van der Waals surface area contributed by atoms with Crippen LogP contribution in [0.2, 0.25) is 0 Å². The number of hydrogen-bond donors (Lipinski definition) is 1. The van der Waals surface area contributed by atoms with Crippen LogP contribution in [0.4, 0.5) is 0 Å². The molecular formula is C9H10BrNO. The van der Waals surface area contributed by atoms with Gasteiger partial charge in [0.2, 0.25) is 0 Å². The van der Waals surface area contributed by atoms with Gasteiger partial charge in [-0.15, -0.1) is 12.3 Å². The summed E-state index contributed by atoms with van der Waals surface area (Å²) in [4.78, 5) is 0. The third-order valence-electron chi connectivity index (χ3n) is 1.61. The second kappa shape index (κ2) is 4.34. The van der Waals surface area contributed by atoms with E-state index in [1.165, 1.54) is 0 Å². The second-order valence-electron chi connectivity index (χ2n) is 2.39. The van der Waals surface area contributed by atoms with Crippen LogP contribution >= 0.6 is 15.9 Å². The summed E-state index contributed by atoms with van der Waals surface area (Å²) >= 11 is 3.23. The Hall–Kier alpha value is -0.720. The Morgan fingerprint density at radius 2 is 2.50 bits per heavy atom. The van der Waals surface area contributed by atoms with Gasteiger partial charge in [0, 0.05) is 6.42 Å². The van der Waals surface area contributed by atoms with Gasteiger partial charge in [-0.05, 0) is 35.1 Å². The van der Waals surface area contributed by atoms with Crippen LogP contribution in [-0.4, -0.2) is 7.05 Å². The first kappa shape index (κ1) is 9.37. The molecule has 1 atom stereocenters. The first-order chi connectivity index (χ1) is 5.77. The van der Waals surface area contributed by atoms with E-state index in [1.807, 2.05) is 19.2 Å². The molecule has 1 rings (SSSR count). The molecule has 1 N–H and O–H groups in total. The predicted molar refractivity (Wildman–Crippen MR) is 51.7 cm³/mol. The van der Waals surface area contributed by atoms with Crippen molar-refractivity contribution >= 4 is 15.9 Å². The Balaban J connectivity index is 2.74. The van der Waals surface area contributed by atoms with Crippen molar-refractivity contribution in [1.82, 2.24) is 5.32 Å². The van der Waals surface area contributed by atoms with Gasteiger partial charge in [-0.1, -0.05) is 0 Å². The average molecular weight is 228 g/mol. The molecule has 0 aliphatic carbocycles. The minimum absolute atomic E-state index is 0.112. The summed E-state index contributed by atoms with van der Waals surface area (Å²) in [5.74, 6) is 3.45. The van der Waals surface area contributed by atoms with Crippen molar-refractivity contribution in [1.29, 1.82) is 0 Å². The van der Waals surface area contributed by atoms with Gasteiger partial charge >= 0.3 is 0 Å². The molecule has 1 heterocycles. The molecule has 1 aromatic rings. The number of nitrogens with one attached hydrogen (secondary N) is 1. The minimum Gasteiger partial charge on any atom is -0.453 e. The fraction of sp³-hybridized carbons (Fsp3) is 0.333. The highest BCUT2D eigenvalue weighted by Gasteiger charge is 2.10. The van der Waals surface area contributed by atoms with Gasteiger partial charge in [0.05, 0.1) is 6.04 Å². The molecule has 0 aliphatic heterocycles. The van der Waals surface area contributed by atoms with E-state index < -0.39 is 0 Å². The highest BCUT2D eigenvalue weighted by atomic mass is 79.9. The van der Waals surface area contributed by atoms with E-state index in [-0.39, 0.29) is 6.04 Å². The molecule has 0 saturated carbocycles. The molecule has 0 bridgehead atoms. The largest absolute Gasteiger partial charge is 0.453 e. The monoisotopic (exact) mass is 227 g/mol. The van der Waals surface area contributed by atoms with E-state index in [0.29, 0.717) is 6.42 Å². The molecule has 0 aromatic carbocycles. The van der Waals surface area contributed by atoms with E-state index in [4.69, 9.17) is 10.8 Å². The molecule has 0 saturated heterocycles. The summed E-state index contributed by atoms with van der Waals surface area (Å²) in [6, 6.07) is 3.87. The molecule has 0 spiro atoms. The van der Waals surface area contributed by atoms with Crippen LogP contribution in [0, 0.1) is 12.3 Å². The van der Waals surface area contributed by atoms with Crippen LogP contribution in [-0.2, 0) is 0 Å². The summed E-state index contributed by atoms with van der Waals surface area (Å²) in [7, 11) is 1.86. The zero-order chi connectivity index (χ0) is 8.97. The lowest BCUT2D eigenvalue weighted by Crippen LogP contribution is -2.14. The Labute approximate surface area is 80.5 Å². The highest BCUT2D eigenvalue weighted by Crippen LogP contribution is 2.21. The number of furan rings is 1. The van der Waals surface area contributed by atoms with Crippen molar-refractivity contribution in [2.45, 2.75) is 12.5 Å². The molecule has 0 fully saturated rings. The molecular weight excluding hydrogens is 218 g/mol. The van der Waals surface area contributed by atoms with Crippen molar-refractivity contribution in [3.05, 3.63) is 22.6 Å². The molecule has 12 heavy (non-hydrogen) atoms. The van der Waals surface area contributed by atoms with Gasteiger partial charge in [0.15, 0.2) is 4.67 Å². The van der Waals surface area contributed by atoms with E-state index in [0.717, 1.165) is 10.4 Å². The zero-order valence-corrected chi connectivity index (χ0v) is 8.39. The summed E-state index contributed by atoms with van der Waals surface area (Å²) in [6.07, 6.45) is 5.84. The second-order valence-corrected chi connectivity index (χ2v) is 3.17. The zero-order valence-electron chi connectivity index (χ0n) is 6.80. The van der Waals surface area contributed by atoms with E-state index in [2.05, 4.69) is 27.2 Å². The Morgan fingerprint density at radius 3 is 2.92 bits per heavy atom. The number of rotatable bonds is 3. The van der Waals surface area contributed by atoms with Gasteiger partial charge in [-0.3, -0.25) is 0 Å². The lowest BCUT2D eigenvalue weighted by Gasteiger charge is -2.08. The Bertz CT molecular complexity index is 287. The van der Waals surface area contributed by atoms with Crippen LogP contribution < -0.4 is 5.32 Å². The summed E-state index contributed by atoms with van der Waals surface area (Å²) < 4.78 is 6.08. The van der Waals surface area contributed by atoms with E-state index in [9.17, 15) is 0 Å². The lowest BCUT2D eigenvalue weighted by atomic mass is 10.2. The van der Waals surface area contributed by atoms with Gasteiger partial charge in [-0.25, -0.2) is 0 Å². The Kier molecular flexibility index (Phi) is 3.39. The van der Waals surface area contributed by atoms with Gasteiger partial charge in [0.1, 0.15) is 5.76 Å². The van der Waals surface area contributed by atoms with Crippen molar-refractivity contribution in [3.63, 3.8) is 0 Å². The molecule has 1 unspecified atom stereocenters. The third kappa shape index (κ3) is 2.13. The number of hydrogen-bond acceptors (Lipinski definition) is 2. The van der Waals surface area contributed by atoms with E-state index >= 15 is 0 Å². The molecule has 0 aliphatic rings. The topological polar surface area (TPSA) is 25.2 Å². The number of halogens is 1. The molecule has 1 aromatic heterocycles. The maximum atomic E-state index is 5.35. The fourth-order valence-corrected chi connectivity index (χ4v) is 1.30. The van der Waals surface area contributed by atoms with Gasteiger partial charge in [0.25, 0.3) is 0 Å². The number of terminal acetylenes is 1. The Morgan fingerprint density at radius 1 is 1.75 bits per heavy atom. The normalized spacial score (nSPS) is 12.4. The third-order valence-corrected chi connectivity index (χ3v) is 2.03. The first-order valence-electron chi connectivity index (χ1n) is 3.64. The minimum atomic E-state index is 0.112. The van der Waals surface area contributed by atoms with E-state index in [1.54, 1.807) is 0 Å². The highest BCUT2D eigenvalue weighted by molar-refractivity contribution is 9.10. The van der Waals surface area contributed by atoms with Crippen LogP contribution in [0.3, 0.4) is 0 Å². The van der Waals surface area contributed by atoms with Crippen molar-refractivity contribution in [2.75, 3.05) is 7.05 Å². The summed E-state index contributed by atoms with van der Waals surface area (Å²) in [5, 5.41) is 3.08. The van der Waals surface area contributed by atoms with Crippen LogP contribution in [0.5, 0.6) is 0 Å². The van der Waals surface area contributed by atoms with Crippen LogP contribution in [0.25, 0.3) is 0 Å². The first-order valence-corrected chi connectivity index (χ1v) is 4.43. The molecule has 3 heteroatoms. The quantitative estimate of drug-likeness (QED) is 0.803. The maximum absolute atomic E-state index is 5.35. The summed E-state index contributed by atoms with van der Waals surface area (Å²) in [6.45, 7) is 0. The fourth-order valence-electron chi connectivity index (χ4n) is 0.978. The average Bonchev–Trinajstić information content (AvgIpc) is 2.47. The molecule has 0 amide bonds. The standard InChI is InChI=1S/C9H10BrNO/c1-3-4-7(11-2)8-5-6-9(10)12-8/h1,5-7,11H,4H2,2H3. The summed E-state index contributed by atoms with van der Waals surface area (Å²) in [5.41, 5.74) is 0. The van der Waals surface area contributed by atoms with Crippen LogP contribution in [0.15, 0.2) is 21.2 Å². The smallest absolute Gasteiger partial charge is 0.169 e. The molecule has 0 radical (unpaired) electrons. The maximum Gasteiger partial charge on any atom is 0.169 e. The van der Waals surface area contributed by atoms with Crippen molar-refractivity contribution in [2.24, 2.45) is 0 Å². The van der Waals surface area contributed by atoms with Gasteiger partial charge in [-0.2, -0.15) is 0 Å². The predicted octanol–water partition coefficient (Wildman–Crippen LogP) is 2.33. The van der Waals surface area contributed by atoms with Crippen LogP contribution in [0.1, 0.15) is 18.2 Å². The van der Waals surface area contributed by atoms with Crippen molar-refractivity contribution in [3.8, 4) is 12.3 Å². The lowest BCUT2D eigenvalue weighted by molar-refractivity contribution is 0.422. The SMILES string of the molecule is C#CCC(NC)c1ccc(Br)o1.